The fourth-order valence-corrected chi connectivity index (χ4v) is 2.94. The Morgan fingerprint density at radius 3 is 2.85 bits per heavy atom. The molecule has 2 heterocycles. The highest BCUT2D eigenvalue weighted by Gasteiger charge is 2.26. The predicted molar refractivity (Wildman–Crippen MR) is 95.9 cm³/mol. The Balaban J connectivity index is 1.64. The molecule has 0 saturated carbocycles. The molecule has 0 unspecified atom stereocenters. The van der Waals surface area contributed by atoms with Crippen LogP contribution in [0.4, 0.5) is 5.69 Å². The van der Waals surface area contributed by atoms with Gasteiger partial charge in [-0.1, -0.05) is 12.1 Å². The standard InChI is InChI=1S/C19H17N3O4/c1-24-11-7-8-14(16(9-11)25-2)20-19(23)18-13-10-26-15-6-4-3-5-12(15)17(13)21-22-18/h3-9H,10H2,1-2H3,(H,20,23)(H,21,22). The molecule has 2 aromatic carbocycles. The van der Waals surface area contributed by atoms with Gasteiger partial charge in [-0.05, 0) is 24.3 Å². The molecule has 0 radical (unpaired) electrons. The number of amides is 1. The molecular weight excluding hydrogens is 334 g/mol. The molecule has 0 spiro atoms. The molecule has 7 heteroatoms. The van der Waals surface area contributed by atoms with Crippen LogP contribution in [0.15, 0.2) is 42.5 Å². The van der Waals surface area contributed by atoms with Crippen LogP contribution in [0.25, 0.3) is 11.3 Å². The van der Waals surface area contributed by atoms with E-state index in [-0.39, 0.29) is 12.5 Å². The summed E-state index contributed by atoms with van der Waals surface area (Å²) in [6.45, 7) is 0.283. The van der Waals surface area contributed by atoms with E-state index >= 15 is 0 Å². The molecule has 0 bridgehead atoms. The number of hydrogen-bond donors (Lipinski definition) is 2. The van der Waals surface area contributed by atoms with Crippen molar-refractivity contribution < 1.29 is 19.0 Å². The summed E-state index contributed by atoms with van der Waals surface area (Å²) in [6.07, 6.45) is 0. The summed E-state index contributed by atoms with van der Waals surface area (Å²) in [6, 6.07) is 12.8. The Bertz CT molecular complexity index is 981. The Morgan fingerprint density at radius 1 is 1.19 bits per heavy atom. The Hall–Kier alpha value is -3.48. The zero-order chi connectivity index (χ0) is 18.1. The number of para-hydroxylation sites is 1. The van der Waals surface area contributed by atoms with Gasteiger partial charge in [0.05, 0.1) is 19.9 Å². The molecular formula is C19H17N3O4. The summed E-state index contributed by atoms with van der Waals surface area (Å²) < 4.78 is 16.2. The van der Waals surface area contributed by atoms with Gasteiger partial charge in [-0.15, -0.1) is 0 Å². The largest absolute Gasteiger partial charge is 0.497 e. The number of rotatable bonds is 4. The van der Waals surface area contributed by atoms with E-state index in [1.807, 2.05) is 24.3 Å². The second-order valence-electron chi connectivity index (χ2n) is 5.73. The number of H-pyrrole nitrogens is 1. The number of benzene rings is 2. The van der Waals surface area contributed by atoms with E-state index in [0.717, 1.165) is 22.6 Å². The smallest absolute Gasteiger partial charge is 0.274 e. The van der Waals surface area contributed by atoms with E-state index < -0.39 is 0 Å². The van der Waals surface area contributed by atoms with Crippen LogP contribution in [-0.4, -0.2) is 30.3 Å². The number of hydrogen-bond acceptors (Lipinski definition) is 5. The molecule has 3 aromatic rings. The van der Waals surface area contributed by atoms with Crippen LogP contribution in [0.1, 0.15) is 16.1 Å². The maximum atomic E-state index is 12.8. The third-order valence-electron chi connectivity index (χ3n) is 4.27. The lowest BCUT2D eigenvalue weighted by molar-refractivity contribution is 0.101. The summed E-state index contributed by atoms with van der Waals surface area (Å²) >= 11 is 0. The fraction of sp³-hybridized carbons (Fsp3) is 0.158. The van der Waals surface area contributed by atoms with E-state index in [0.29, 0.717) is 22.9 Å². The van der Waals surface area contributed by atoms with Crippen LogP contribution in [0.5, 0.6) is 17.2 Å². The van der Waals surface area contributed by atoms with E-state index in [2.05, 4.69) is 15.5 Å². The number of anilines is 1. The van der Waals surface area contributed by atoms with Gasteiger partial charge in [-0.2, -0.15) is 5.10 Å². The molecule has 2 N–H and O–H groups in total. The summed E-state index contributed by atoms with van der Waals surface area (Å²) in [5.74, 6) is 1.59. The van der Waals surface area contributed by atoms with Crippen molar-refractivity contribution in [1.29, 1.82) is 0 Å². The van der Waals surface area contributed by atoms with Gasteiger partial charge >= 0.3 is 0 Å². The lowest BCUT2D eigenvalue weighted by atomic mass is 10.0. The van der Waals surface area contributed by atoms with E-state index in [1.54, 1.807) is 25.3 Å². The maximum Gasteiger partial charge on any atom is 0.274 e. The number of nitrogens with one attached hydrogen (secondary N) is 2. The summed E-state index contributed by atoms with van der Waals surface area (Å²) in [7, 11) is 3.11. The predicted octanol–water partition coefficient (Wildman–Crippen LogP) is 3.24. The van der Waals surface area contributed by atoms with Crippen LogP contribution in [0.2, 0.25) is 0 Å². The van der Waals surface area contributed by atoms with Gasteiger partial charge in [0.1, 0.15) is 35.2 Å². The van der Waals surface area contributed by atoms with Crippen molar-refractivity contribution in [2.75, 3.05) is 19.5 Å². The molecule has 1 aliphatic heterocycles. The molecule has 4 rings (SSSR count). The molecule has 7 nitrogen and oxygen atoms in total. The van der Waals surface area contributed by atoms with Crippen molar-refractivity contribution in [1.82, 2.24) is 10.2 Å². The van der Waals surface area contributed by atoms with E-state index in [9.17, 15) is 4.79 Å². The minimum absolute atomic E-state index is 0.283. The maximum absolute atomic E-state index is 12.8. The second kappa shape index (κ2) is 6.44. The van der Waals surface area contributed by atoms with Gasteiger partial charge < -0.3 is 19.5 Å². The van der Waals surface area contributed by atoms with Gasteiger partial charge in [0.15, 0.2) is 0 Å². The normalized spacial score (nSPS) is 11.8. The Morgan fingerprint density at radius 2 is 2.04 bits per heavy atom. The number of aromatic nitrogens is 2. The molecule has 0 saturated heterocycles. The van der Waals surface area contributed by atoms with Gasteiger partial charge in [0.2, 0.25) is 0 Å². The number of carbonyl (C=O) groups excluding carboxylic acids is 1. The van der Waals surface area contributed by atoms with E-state index in [1.165, 1.54) is 7.11 Å². The number of ether oxygens (including phenoxy) is 3. The Labute approximate surface area is 149 Å². The van der Waals surface area contributed by atoms with Crippen LogP contribution < -0.4 is 19.5 Å². The first-order valence-electron chi connectivity index (χ1n) is 8.04. The second-order valence-corrected chi connectivity index (χ2v) is 5.73. The molecule has 0 atom stereocenters. The van der Waals surface area contributed by atoms with E-state index in [4.69, 9.17) is 14.2 Å². The number of nitrogens with zero attached hydrogens (tertiary/aromatic N) is 1. The van der Waals surface area contributed by atoms with Gasteiger partial charge in [0.25, 0.3) is 5.91 Å². The van der Waals surface area contributed by atoms with Crippen molar-refractivity contribution in [3.8, 4) is 28.5 Å². The lowest BCUT2D eigenvalue weighted by Crippen LogP contribution is -2.16. The summed E-state index contributed by atoms with van der Waals surface area (Å²) in [5.41, 5.74) is 3.24. The molecule has 1 aliphatic rings. The average Bonchev–Trinajstić information content (AvgIpc) is 3.13. The zero-order valence-corrected chi connectivity index (χ0v) is 14.3. The highest BCUT2D eigenvalue weighted by atomic mass is 16.5. The monoisotopic (exact) mass is 351 g/mol. The van der Waals surface area contributed by atoms with Gasteiger partial charge in [-0.25, -0.2) is 0 Å². The first-order chi connectivity index (χ1) is 12.7. The van der Waals surface area contributed by atoms with Crippen LogP contribution in [0.3, 0.4) is 0 Å². The highest BCUT2D eigenvalue weighted by molar-refractivity contribution is 6.05. The number of aromatic amines is 1. The number of fused-ring (bicyclic) bond motifs is 3. The van der Waals surface area contributed by atoms with Crippen molar-refractivity contribution >= 4 is 11.6 Å². The third kappa shape index (κ3) is 2.63. The fourth-order valence-electron chi connectivity index (χ4n) is 2.94. The topological polar surface area (TPSA) is 85.5 Å². The number of methoxy groups -OCH3 is 2. The SMILES string of the molecule is COc1ccc(NC(=O)c2[nH]nc3c2COc2ccccc2-3)c(OC)c1. The lowest BCUT2D eigenvalue weighted by Gasteiger charge is -2.17. The number of carbonyl (C=O) groups is 1. The summed E-state index contributed by atoms with van der Waals surface area (Å²) in [4.78, 5) is 12.8. The Kier molecular flexibility index (Phi) is 3.96. The van der Waals surface area contributed by atoms with Crippen molar-refractivity contribution in [2.45, 2.75) is 6.61 Å². The molecule has 132 valence electrons. The van der Waals surface area contributed by atoms with Crippen LogP contribution in [-0.2, 0) is 6.61 Å². The molecule has 1 aromatic heterocycles. The zero-order valence-electron chi connectivity index (χ0n) is 14.3. The third-order valence-corrected chi connectivity index (χ3v) is 4.27. The quantitative estimate of drug-likeness (QED) is 0.754. The van der Waals surface area contributed by atoms with Crippen molar-refractivity contribution in [3.05, 3.63) is 53.7 Å². The van der Waals surface area contributed by atoms with Crippen molar-refractivity contribution in [2.24, 2.45) is 0 Å². The van der Waals surface area contributed by atoms with Gasteiger partial charge in [0, 0.05) is 17.2 Å². The van der Waals surface area contributed by atoms with Crippen LogP contribution >= 0.6 is 0 Å². The highest BCUT2D eigenvalue weighted by Crippen LogP contribution is 2.37. The minimum Gasteiger partial charge on any atom is -0.497 e. The van der Waals surface area contributed by atoms with Gasteiger partial charge in [-0.3, -0.25) is 9.89 Å². The average molecular weight is 351 g/mol. The minimum atomic E-state index is -0.315. The molecule has 26 heavy (non-hydrogen) atoms. The molecule has 1 amide bonds. The van der Waals surface area contributed by atoms with Crippen molar-refractivity contribution in [3.63, 3.8) is 0 Å². The first kappa shape index (κ1) is 16.0. The molecule has 0 fully saturated rings. The first-order valence-corrected chi connectivity index (χ1v) is 8.04. The summed E-state index contributed by atoms with van der Waals surface area (Å²) in [5, 5.41) is 9.99. The molecule has 0 aliphatic carbocycles. The van der Waals surface area contributed by atoms with Crippen LogP contribution in [0, 0.1) is 0 Å².